The molecule has 0 aliphatic heterocycles. The van der Waals surface area contributed by atoms with Crippen molar-refractivity contribution < 1.29 is 9.84 Å². The fraction of sp³-hybridized carbons (Fsp3) is 0.182. The van der Waals surface area contributed by atoms with Gasteiger partial charge in [0.2, 0.25) is 0 Å². The lowest BCUT2D eigenvalue weighted by molar-refractivity contribution is 0.288. The Kier molecular flexibility index (Phi) is 2.87. The number of thiazole rings is 1. The van der Waals surface area contributed by atoms with Gasteiger partial charge in [-0.05, 0) is 19.1 Å². The monoisotopic (exact) mass is 221 g/mol. The van der Waals surface area contributed by atoms with Gasteiger partial charge in [-0.1, -0.05) is 12.1 Å². The normalized spacial score (nSPS) is 10.2. The van der Waals surface area contributed by atoms with E-state index >= 15 is 0 Å². The lowest BCUT2D eigenvalue weighted by Gasteiger charge is -2.05. The molecule has 0 bridgehead atoms. The van der Waals surface area contributed by atoms with E-state index in [1.165, 1.54) is 0 Å². The largest absolute Gasteiger partial charge is 0.504 e. The second-order valence-electron chi connectivity index (χ2n) is 3.12. The van der Waals surface area contributed by atoms with Gasteiger partial charge in [0.05, 0.1) is 0 Å². The summed E-state index contributed by atoms with van der Waals surface area (Å²) < 4.78 is 5.43. The number of phenols is 1. The molecule has 0 saturated heterocycles. The molecule has 0 spiro atoms. The second kappa shape index (κ2) is 4.31. The van der Waals surface area contributed by atoms with E-state index in [0.717, 1.165) is 9.88 Å². The van der Waals surface area contributed by atoms with Gasteiger partial charge < -0.3 is 9.84 Å². The highest BCUT2D eigenvalue weighted by molar-refractivity contribution is 7.11. The van der Waals surface area contributed by atoms with Crippen molar-refractivity contribution in [3.63, 3.8) is 0 Å². The van der Waals surface area contributed by atoms with Crippen LogP contribution in [0.2, 0.25) is 0 Å². The van der Waals surface area contributed by atoms with Crippen molar-refractivity contribution >= 4 is 11.3 Å². The molecule has 2 aromatic rings. The van der Waals surface area contributed by atoms with Gasteiger partial charge in [0.15, 0.2) is 11.5 Å². The maximum absolute atomic E-state index is 9.45. The SMILES string of the molecule is Cc1cnc(COc2ccccc2O)s1. The van der Waals surface area contributed by atoms with E-state index in [1.54, 1.807) is 29.5 Å². The van der Waals surface area contributed by atoms with E-state index in [1.807, 2.05) is 19.2 Å². The molecule has 15 heavy (non-hydrogen) atoms. The molecule has 0 atom stereocenters. The number of ether oxygens (including phenoxy) is 1. The molecule has 4 heteroatoms. The summed E-state index contributed by atoms with van der Waals surface area (Å²) in [6.07, 6.45) is 1.81. The van der Waals surface area contributed by atoms with E-state index in [9.17, 15) is 5.11 Å². The van der Waals surface area contributed by atoms with Crippen LogP contribution in [-0.4, -0.2) is 10.1 Å². The van der Waals surface area contributed by atoms with Gasteiger partial charge in [0.1, 0.15) is 11.6 Å². The van der Waals surface area contributed by atoms with Gasteiger partial charge >= 0.3 is 0 Å². The summed E-state index contributed by atoms with van der Waals surface area (Å²) in [5.41, 5.74) is 0. The number of para-hydroxylation sites is 2. The molecule has 78 valence electrons. The smallest absolute Gasteiger partial charge is 0.161 e. The van der Waals surface area contributed by atoms with E-state index in [0.29, 0.717) is 12.4 Å². The molecular weight excluding hydrogens is 210 g/mol. The van der Waals surface area contributed by atoms with Crippen molar-refractivity contribution in [2.24, 2.45) is 0 Å². The van der Waals surface area contributed by atoms with Crippen molar-refractivity contribution in [2.45, 2.75) is 13.5 Å². The lowest BCUT2D eigenvalue weighted by atomic mass is 10.3. The number of phenolic OH excluding ortho intramolecular Hbond substituents is 1. The summed E-state index contributed by atoms with van der Waals surface area (Å²) >= 11 is 1.60. The highest BCUT2D eigenvalue weighted by Gasteiger charge is 2.03. The fourth-order valence-electron chi connectivity index (χ4n) is 1.19. The number of aryl methyl sites for hydroxylation is 1. The zero-order chi connectivity index (χ0) is 10.7. The summed E-state index contributed by atoms with van der Waals surface area (Å²) in [6.45, 7) is 2.40. The van der Waals surface area contributed by atoms with Crippen molar-refractivity contribution in [3.8, 4) is 11.5 Å². The minimum Gasteiger partial charge on any atom is -0.504 e. The van der Waals surface area contributed by atoms with Crippen LogP contribution in [0, 0.1) is 6.92 Å². The minimum absolute atomic E-state index is 0.158. The first kappa shape index (κ1) is 9.98. The molecule has 0 fully saturated rings. The summed E-state index contributed by atoms with van der Waals surface area (Å²) in [5, 5.41) is 10.4. The van der Waals surface area contributed by atoms with Gasteiger partial charge in [-0.2, -0.15) is 0 Å². The van der Waals surface area contributed by atoms with Crippen molar-refractivity contribution in [1.82, 2.24) is 4.98 Å². The Morgan fingerprint density at radius 1 is 1.40 bits per heavy atom. The van der Waals surface area contributed by atoms with Crippen LogP contribution in [0.25, 0.3) is 0 Å². The molecule has 0 aliphatic rings. The number of nitrogens with zero attached hydrogens (tertiary/aromatic N) is 1. The lowest BCUT2D eigenvalue weighted by Crippen LogP contribution is -1.94. The van der Waals surface area contributed by atoms with E-state index in [2.05, 4.69) is 4.98 Å². The molecule has 0 aliphatic carbocycles. The molecule has 0 unspecified atom stereocenters. The summed E-state index contributed by atoms with van der Waals surface area (Å²) in [4.78, 5) is 5.33. The van der Waals surface area contributed by atoms with Crippen LogP contribution in [-0.2, 0) is 6.61 Å². The van der Waals surface area contributed by atoms with Crippen LogP contribution in [0.4, 0.5) is 0 Å². The van der Waals surface area contributed by atoms with Crippen LogP contribution in [0.5, 0.6) is 11.5 Å². The third kappa shape index (κ3) is 2.47. The molecule has 1 heterocycles. The second-order valence-corrected chi connectivity index (χ2v) is 4.44. The highest BCUT2D eigenvalue weighted by atomic mass is 32.1. The van der Waals surface area contributed by atoms with Gasteiger partial charge in [-0.25, -0.2) is 4.98 Å². The Morgan fingerprint density at radius 3 is 2.87 bits per heavy atom. The van der Waals surface area contributed by atoms with Gasteiger partial charge in [-0.3, -0.25) is 0 Å². The number of aromatic hydroxyl groups is 1. The first-order valence-electron chi connectivity index (χ1n) is 4.58. The zero-order valence-electron chi connectivity index (χ0n) is 8.30. The number of benzene rings is 1. The predicted molar refractivity (Wildman–Crippen MR) is 59.3 cm³/mol. The van der Waals surface area contributed by atoms with Crippen molar-refractivity contribution in [1.29, 1.82) is 0 Å². The molecule has 3 nitrogen and oxygen atoms in total. The Labute approximate surface area is 92.0 Å². The molecule has 1 aromatic heterocycles. The topological polar surface area (TPSA) is 42.4 Å². The van der Waals surface area contributed by atoms with E-state index < -0.39 is 0 Å². The molecule has 1 N–H and O–H groups in total. The molecule has 1 aromatic carbocycles. The highest BCUT2D eigenvalue weighted by Crippen LogP contribution is 2.25. The van der Waals surface area contributed by atoms with Gasteiger partial charge in [0.25, 0.3) is 0 Å². The minimum atomic E-state index is 0.158. The maximum Gasteiger partial charge on any atom is 0.161 e. The van der Waals surface area contributed by atoms with E-state index in [-0.39, 0.29) is 5.75 Å². The Morgan fingerprint density at radius 2 is 2.20 bits per heavy atom. The van der Waals surface area contributed by atoms with Crippen molar-refractivity contribution in [3.05, 3.63) is 40.3 Å². The number of rotatable bonds is 3. The first-order chi connectivity index (χ1) is 7.25. The zero-order valence-corrected chi connectivity index (χ0v) is 9.12. The average Bonchev–Trinajstić information content (AvgIpc) is 2.63. The van der Waals surface area contributed by atoms with Crippen LogP contribution >= 0.6 is 11.3 Å². The molecule has 0 radical (unpaired) electrons. The first-order valence-corrected chi connectivity index (χ1v) is 5.39. The van der Waals surface area contributed by atoms with Crippen LogP contribution in [0.3, 0.4) is 0 Å². The fourth-order valence-corrected chi connectivity index (χ4v) is 1.89. The van der Waals surface area contributed by atoms with Gasteiger partial charge in [-0.15, -0.1) is 11.3 Å². The van der Waals surface area contributed by atoms with Crippen molar-refractivity contribution in [2.75, 3.05) is 0 Å². The molecule has 0 amide bonds. The third-order valence-electron chi connectivity index (χ3n) is 1.89. The Bertz CT molecular complexity index is 453. The van der Waals surface area contributed by atoms with E-state index in [4.69, 9.17) is 4.74 Å². The van der Waals surface area contributed by atoms with Gasteiger partial charge in [0, 0.05) is 11.1 Å². The van der Waals surface area contributed by atoms with Crippen LogP contribution < -0.4 is 4.74 Å². The van der Waals surface area contributed by atoms with Crippen LogP contribution in [0.1, 0.15) is 9.88 Å². The number of hydrogen-bond donors (Lipinski definition) is 1. The average molecular weight is 221 g/mol. The number of hydrogen-bond acceptors (Lipinski definition) is 4. The molecular formula is C11H11NO2S. The standard InChI is InChI=1S/C11H11NO2S/c1-8-6-12-11(15-8)7-14-10-5-3-2-4-9(10)13/h2-6,13H,7H2,1H3. The molecule has 0 saturated carbocycles. The summed E-state index contributed by atoms with van der Waals surface area (Å²) in [7, 11) is 0. The predicted octanol–water partition coefficient (Wildman–Crippen LogP) is 2.74. The van der Waals surface area contributed by atoms with Crippen LogP contribution in [0.15, 0.2) is 30.5 Å². The maximum atomic E-state index is 9.45. The third-order valence-corrected chi connectivity index (χ3v) is 2.77. The number of aromatic nitrogens is 1. The molecule has 2 rings (SSSR count). The quantitative estimate of drug-likeness (QED) is 0.866. The Balaban J connectivity index is 2.02. The summed E-state index contributed by atoms with van der Waals surface area (Å²) in [5.74, 6) is 0.649. The Hall–Kier alpha value is -1.55. The summed E-state index contributed by atoms with van der Waals surface area (Å²) in [6, 6.07) is 6.91.